The first-order chi connectivity index (χ1) is 6.50. The van der Waals surface area contributed by atoms with E-state index in [1.807, 2.05) is 0 Å². The molecule has 2 heteroatoms. The largest absolute Gasteiger partial charge is 0.294 e. The average molecular weight is 192 g/mol. The number of allylic oxidation sites excluding steroid dienone is 1. The molecular weight excluding hydrogens is 179 g/mol. The van der Waals surface area contributed by atoms with Crippen LogP contribution in [0.5, 0.6) is 0 Å². The Labute approximate surface area is 83.3 Å². The van der Waals surface area contributed by atoms with Gasteiger partial charge in [0.05, 0.1) is 0 Å². The Kier molecular flexibility index (Phi) is 3.18. The number of halogens is 1. The van der Waals surface area contributed by atoms with Crippen LogP contribution in [0.1, 0.15) is 29.3 Å². The van der Waals surface area contributed by atoms with Gasteiger partial charge in [-0.1, -0.05) is 12.2 Å². The van der Waals surface area contributed by atoms with Gasteiger partial charge in [0.15, 0.2) is 5.78 Å². The van der Waals surface area contributed by atoms with Crippen molar-refractivity contribution in [3.63, 3.8) is 0 Å². The van der Waals surface area contributed by atoms with Crippen LogP contribution < -0.4 is 0 Å². The molecule has 14 heavy (non-hydrogen) atoms. The number of aryl methyl sites for hydroxylation is 1. The van der Waals surface area contributed by atoms with Gasteiger partial charge in [0, 0.05) is 12.0 Å². The van der Waals surface area contributed by atoms with Crippen molar-refractivity contribution in [1.29, 1.82) is 0 Å². The van der Waals surface area contributed by atoms with Crippen LogP contribution in [0.15, 0.2) is 30.4 Å². The average Bonchev–Trinajstić information content (AvgIpc) is 2.08. The zero-order chi connectivity index (χ0) is 10.7. The SMILES string of the molecule is C=C(C)CC(=O)c1ccc(F)c(C)c1. The first-order valence-corrected chi connectivity index (χ1v) is 4.44. The van der Waals surface area contributed by atoms with E-state index in [2.05, 4.69) is 6.58 Å². The Morgan fingerprint density at radius 2 is 2.14 bits per heavy atom. The zero-order valence-electron chi connectivity index (χ0n) is 8.43. The zero-order valence-corrected chi connectivity index (χ0v) is 8.43. The molecule has 0 N–H and O–H groups in total. The third-order valence-corrected chi connectivity index (χ3v) is 1.94. The van der Waals surface area contributed by atoms with Crippen molar-refractivity contribution >= 4 is 5.78 Å². The van der Waals surface area contributed by atoms with Gasteiger partial charge in [-0.25, -0.2) is 4.39 Å². The molecule has 0 saturated carbocycles. The van der Waals surface area contributed by atoms with Crippen molar-refractivity contribution in [2.24, 2.45) is 0 Å². The second-order valence-electron chi connectivity index (χ2n) is 3.52. The van der Waals surface area contributed by atoms with Crippen LogP contribution in [-0.2, 0) is 0 Å². The lowest BCUT2D eigenvalue weighted by molar-refractivity contribution is 0.0993. The summed E-state index contributed by atoms with van der Waals surface area (Å²) in [6.07, 6.45) is 0.324. The maximum absolute atomic E-state index is 12.9. The lowest BCUT2D eigenvalue weighted by Crippen LogP contribution is -2.00. The monoisotopic (exact) mass is 192 g/mol. The number of hydrogen-bond acceptors (Lipinski definition) is 1. The summed E-state index contributed by atoms with van der Waals surface area (Å²) in [6.45, 7) is 7.11. The second kappa shape index (κ2) is 4.18. The van der Waals surface area contributed by atoms with Gasteiger partial charge in [0.1, 0.15) is 5.82 Å². The lowest BCUT2D eigenvalue weighted by atomic mass is 10.0. The number of ketones is 1. The quantitative estimate of drug-likeness (QED) is 0.530. The molecule has 1 nitrogen and oxygen atoms in total. The molecule has 0 radical (unpaired) electrons. The van der Waals surface area contributed by atoms with Crippen molar-refractivity contribution in [2.45, 2.75) is 20.3 Å². The molecule has 0 fully saturated rings. The fourth-order valence-corrected chi connectivity index (χ4v) is 1.19. The Morgan fingerprint density at radius 3 is 2.64 bits per heavy atom. The highest BCUT2D eigenvalue weighted by Crippen LogP contribution is 2.12. The molecule has 0 bridgehead atoms. The van der Waals surface area contributed by atoms with Crippen LogP contribution in [0.2, 0.25) is 0 Å². The number of Topliss-reactive ketones (excluding diaryl/α,β-unsaturated/α-hetero) is 1. The summed E-state index contributed by atoms with van der Waals surface area (Å²) < 4.78 is 12.9. The molecule has 0 heterocycles. The van der Waals surface area contributed by atoms with Crippen LogP contribution in [0.25, 0.3) is 0 Å². The van der Waals surface area contributed by atoms with Gasteiger partial charge in [-0.15, -0.1) is 0 Å². The first-order valence-electron chi connectivity index (χ1n) is 4.44. The van der Waals surface area contributed by atoms with E-state index >= 15 is 0 Å². The molecule has 0 atom stereocenters. The number of benzene rings is 1. The predicted octanol–water partition coefficient (Wildman–Crippen LogP) is 3.28. The van der Waals surface area contributed by atoms with E-state index in [4.69, 9.17) is 0 Å². The third-order valence-electron chi connectivity index (χ3n) is 1.94. The smallest absolute Gasteiger partial charge is 0.166 e. The minimum Gasteiger partial charge on any atom is -0.294 e. The minimum atomic E-state index is -0.281. The Balaban J connectivity index is 2.91. The number of carbonyl (C=O) groups is 1. The highest BCUT2D eigenvalue weighted by Gasteiger charge is 2.07. The fourth-order valence-electron chi connectivity index (χ4n) is 1.19. The van der Waals surface area contributed by atoms with Crippen LogP contribution in [0.4, 0.5) is 4.39 Å². The Hall–Kier alpha value is -1.44. The summed E-state index contributed by atoms with van der Waals surface area (Å²) in [4.78, 5) is 11.5. The molecule has 0 spiro atoms. The van der Waals surface area contributed by atoms with Gasteiger partial charge < -0.3 is 0 Å². The van der Waals surface area contributed by atoms with E-state index < -0.39 is 0 Å². The lowest BCUT2D eigenvalue weighted by Gasteiger charge is -2.02. The van der Waals surface area contributed by atoms with E-state index in [0.29, 0.717) is 17.5 Å². The van der Waals surface area contributed by atoms with Crippen LogP contribution in [-0.4, -0.2) is 5.78 Å². The molecule has 0 aliphatic rings. The van der Waals surface area contributed by atoms with E-state index in [1.165, 1.54) is 12.1 Å². The number of carbonyl (C=O) groups excluding carboxylic acids is 1. The molecule has 0 unspecified atom stereocenters. The molecule has 0 saturated heterocycles. The van der Waals surface area contributed by atoms with E-state index in [9.17, 15) is 9.18 Å². The van der Waals surface area contributed by atoms with Gasteiger partial charge in [-0.2, -0.15) is 0 Å². The minimum absolute atomic E-state index is 0.0133. The topological polar surface area (TPSA) is 17.1 Å². The maximum Gasteiger partial charge on any atom is 0.166 e. The summed E-state index contributed by atoms with van der Waals surface area (Å²) in [5, 5.41) is 0. The van der Waals surface area contributed by atoms with E-state index in [-0.39, 0.29) is 11.6 Å². The van der Waals surface area contributed by atoms with Gasteiger partial charge in [0.25, 0.3) is 0 Å². The van der Waals surface area contributed by atoms with Crippen molar-refractivity contribution in [3.05, 3.63) is 47.3 Å². The summed E-state index contributed by atoms with van der Waals surface area (Å²) in [5.74, 6) is -0.294. The van der Waals surface area contributed by atoms with Crippen molar-refractivity contribution in [3.8, 4) is 0 Å². The molecule has 1 aromatic rings. The van der Waals surface area contributed by atoms with Gasteiger partial charge in [-0.3, -0.25) is 4.79 Å². The van der Waals surface area contributed by atoms with Crippen molar-refractivity contribution in [1.82, 2.24) is 0 Å². The summed E-state index contributed by atoms with van der Waals surface area (Å²) >= 11 is 0. The highest BCUT2D eigenvalue weighted by atomic mass is 19.1. The number of hydrogen-bond donors (Lipinski definition) is 0. The molecule has 0 amide bonds. The summed E-state index contributed by atoms with van der Waals surface area (Å²) in [6, 6.07) is 4.40. The maximum atomic E-state index is 12.9. The van der Waals surface area contributed by atoms with Crippen molar-refractivity contribution < 1.29 is 9.18 Å². The summed E-state index contributed by atoms with van der Waals surface area (Å²) in [5.41, 5.74) is 1.86. The van der Waals surface area contributed by atoms with Crippen LogP contribution >= 0.6 is 0 Å². The fraction of sp³-hybridized carbons (Fsp3) is 0.250. The predicted molar refractivity (Wildman–Crippen MR) is 54.9 cm³/mol. The highest BCUT2D eigenvalue weighted by molar-refractivity contribution is 5.97. The first kappa shape index (κ1) is 10.6. The molecule has 1 rings (SSSR count). The molecule has 1 aromatic carbocycles. The second-order valence-corrected chi connectivity index (χ2v) is 3.52. The molecule has 74 valence electrons. The van der Waals surface area contributed by atoms with Crippen LogP contribution in [0.3, 0.4) is 0 Å². The van der Waals surface area contributed by atoms with E-state index in [0.717, 1.165) is 5.57 Å². The molecule has 0 aliphatic carbocycles. The van der Waals surface area contributed by atoms with E-state index in [1.54, 1.807) is 19.9 Å². The van der Waals surface area contributed by atoms with Gasteiger partial charge in [-0.05, 0) is 37.6 Å². The van der Waals surface area contributed by atoms with Crippen LogP contribution in [0, 0.1) is 12.7 Å². The third kappa shape index (κ3) is 2.52. The molecular formula is C12H13FO. The Bertz CT molecular complexity index is 380. The van der Waals surface area contributed by atoms with Gasteiger partial charge >= 0.3 is 0 Å². The summed E-state index contributed by atoms with van der Waals surface area (Å²) in [7, 11) is 0. The number of rotatable bonds is 3. The van der Waals surface area contributed by atoms with Crippen molar-refractivity contribution in [2.75, 3.05) is 0 Å². The normalized spacial score (nSPS) is 9.93. The standard InChI is InChI=1S/C12H13FO/c1-8(2)6-12(14)10-4-5-11(13)9(3)7-10/h4-5,7H,1,6H2,2-3H3. The van der Waals surface area contributed by atoms with Gasteiger partial charge in [0.2, 0.25) is 0 Å². The molecule has 0 aliphatic heterocycles. The molecule has 0 aromatic heterocycles. The Morgan fingerprint density at radius 1 is 1.50 bits per heavy atom.